The first-order valence-corrected chi connectivity index (χ1v) is 4.41. The number of carbonyl (C=O) groups is 1. The molecule has 0 aromatic carbocycles. The number of rotatable bonds is 5. The Bertz CT molecular complexity index is 150. The van der Waals surface area contributed by atoms with Crippen LogP contribution in [-0.4, -0.2) is 12.6 Å². The monoisotopic (exact) mass is 170 g/mol. The number of allylic oxidation sites excluding steroid dienone is 2. The van der Waals surface area contributed by atoms with Gasteiger partial charge in [0.05, 0.1) is 6.61 Å². The summed E-state index contributed by atoms with van der Waals surface area (Å²) in [6.07, 6.45) is 6.32. The van der Waals surface area contributed by atoms with Crippen LogP contribution in [-0.2, 0) is 9.53 Å². The lowest BCUT2D eigenvalue weighted by atomic mass is 10.1. The lowest BCUT2D eigenvalue weighted by molar-refractivity contribution is -0.142. The summed E-state index contributed by atoms with van der Waals surface area (Å²) in [5.74, 6) is 0.276. The minimum absolute atomic E-state index is 0.187. The van der Waals surface area contributed by atoms with Crippen LogP contribution in [0.25, 0.3) is 0 Å². The van der Waals surface area contributed by atoms with Crippen molar-refractivity contribution < 1.29 is 9.53 Å². The van der Waals surface area contributed by atoms with Crippen molar-refractivity contribution >= 4 is 5.97 Å². The fraction of sp³-hybridized carbons (Fsp3) is 0.700. The largest absolute Gasteiger partial charge is 0.466 e. The van der Waals surface area contributed by atoms with E-state index >= 15 is 0 Å². The van der Waals surface area contributed by atoms with Gasteiger partial charge in [0.1, 0.15) is 0 Å². The molecular formula is C10H18O2. The van der Waals surface area contributed by atoms with Crippen LogP contribution in [0, 0.1) is 5.92 Å². The summed E-state index contributed by atoms with van der Waals surface area (Å²) >= 11 is 0. The Hall–Kier alpha value is -0.790. The van der Waals surface area contributed by atoms with Crippen molar-refractivity contribution in [1.29, 1.82) is 0 Å². The van der Waals surface area contributed by atoms with Gasteiger partial charge < -0.3 is 4.74 Å². The molecule has 0 N–H and O–H groups in total. The third kappa shape index (κ3) is 7.32. The molecule has 0 saturated carbocycles. The van der Waals surface area contributed by atoms with Crippen molar-refractivity contribution in [1.82, 2.24) is 0 Å². The van der Waals surface area contributed by atoms with E-state index in [4.69, 9.17) is 4.74 Å². The molecule has 0 aliphatic heterocycles. The fourth-order valence-electron chi connectivity index (χ4n) is 0.890. The molecule has 2 nitrogen and oxygen atoms in total. The molecule has 0 fully saturated rings. The Morgan fingerprint density at radius 2 is 2.25 bits per heavy atom. The summed E-state index contributed by atoms with van der Waals surface area (Å²) in [5.41, 5.74) is 0. The Morgan fingerprint density at radius 3 is 2.75 bits per heavy atom. The number of hydrogen-bond donors (Lipinski definition) is 0. The van der Waals surface area contributed by atoms with Gasteiger partial charge in [-0.05, 0) is 25.7 Å². The van der Waals surface area contributed by atoms with Crippen molar-refractivity contribution in [2.75, 3.05) is 6.61 Å². The summed E-state index contributed by atoms with van der Waals surface area (Å²) in [4.78, 5) is 10.4. The highest BCUT2D eigenvalue weighted by Gasteiger charge is 2.02. The van der Waals surface area contributed by atoms with Crippen LogP contribution in [0.3, 0.4) is 0 Å². The Morgan fingerprint density at radius 1 is 1.58 bits per heavy atom. The van der Waals surface area contributed by atoms with Crippen LogP contribution in [0.15, 0.2) is 12.2 Å². The van der Waals surface area contributed by atoms with E-state index in [2.05, 4.69) is 13.0 Å². The topological polar surface area (TPSA) is 26.3 Å². The van der Waals surface area contributed by atoms with Gasteiger partial charge in [-0.25, -0.2) is 0 Å². The van der Waals surface area contributed by atoms with Crippen LogP contribution >= 0.6 is 0 Å². The van der Waals surface area contributed by atoms with Gasteiger partial charge in [-0.3, -0.25) is 4.79 Å². The highest BCUT2D eigenvalue weighted by Crippen LogP contribution is 2.06. The lowest BCUT2D eigenvalue weighted by Gasteiger charge is -2.08. The summed E-state index contributed by atoms with van der Waals surface area (Å²) < 4.78 is 4.87. The van der Waals surface area contributed by atoms with Crippen LogP contribution in [0.1, 0.15) is 33.6 Å². The van der Waals surface area contributed by atoms with Crippen molar-refractivity contribution in [2.24, 2.45) is 5.92 Å². The van der Waals surface area contributed by atoms with Gasteiger partial charge in [0.15, 0.2) is 0 Å². The zero-order valence-electron chi connectivity index (χ0n) is 8.17. The second kappa shape index (κ2) is 6.89. The Kier molecular flexibility index (Phi) is 6.44. The maximum atomic E-state index is 10.4. The van der Waals surface area contributed by atoms with Gasteiger partial charge in [0.25, 0.3) is 0 Å². The first-order chi connectivity index (χ1) is 5.66. The molecule has 0 rings (SSSR count). The van der Waals surface area contributed by atoms with Crippen molar-refractivity contribution in [3.05, 3.63) is 12.2 Å². The van der Waals surface area contributed by atoms with E-state index in [0.717, 1.165) is 12.8 Å². The molecule has 0 aromatic heterocycles. The van der Waals surface area contributed by atoms with Crippen molar-refractivity contribution in [3.8, 4) is 0 Å². The highest BCUT2D eigenvalue weighted by atomic mass is 16.5. The average Bonchev–Trinajstić information content (AvgIpc) is 2.01. The molecule has 0 saturated heterocycles. The van der Waals surface area contributed by atoms with Gasteiger partial charge in [-0.15, -0.1) is 0 Å². The minimum Gasteiger partial charge on any atom is -0.466 e. The molecule has 0 heterocycles. The molecule has 1 unspecified atom stereocenters. The minimum atomic E-state index is -0.187. The number of esters is 1. The van der Waals surface area contributed by atoms with Gasteiger partial charge in [0, 0.05) is 6.92 Å². The summed E-state index contributed by atoms with van der Waals surface area (Å²) in [7, 11) is 0. The molecule has 12 heavy (non-hydrogen) atoms. The van der Waals surface area contributed by atoms with Crippen molar-refractivity contribution in [3.63, 3.8) is 0 Å². The second-order valence-corrected chi connectivity index (χ2v) is 3.05. The molecular weight excluding hydrogens is 152 g/mol. The van der Waals surface area contributed by atoms with Crippen LogP contribution in [0.2, 0.25) is 0 Å². The summed E-state index contributed by atoms with van der Waals surface area (Å²) in [6.45, 7) is 6.09. The molecule has 0 aromatic rings. The van der Waals surface area contributed by atoms with Gasteiger partial charge in [-0.1, -0.05) is 19.1 Å². The third-order valence-electron chi connectivity index (χ3n) is 1.63. The second-order valence-electron chi connectivity index (χ2n) is 3.05. The number of ether oxygens (including phenoxy) is 1. The fourth-order valence-corrected chi connectivity index (χ4v) is 0.890. The van der Waals surface area contributed by atoms with Gasteiger partial charge in [0.2, 0.25) is 0 Å². The molecule has 0 aliphatic carbocycles. The van der Waals surface area contributed by atoms with Crippen LogP contribution in [0.4, 0.5) is 0 Å². The third-order valence-corrected chi connectivity index (χ3v) is 1.63. The molecule has 70 valence electrons. The Balaban J connectivity index is 3.33. The highest BCUT2D eigenvalue weighted by molar-refractivity contribution is 5.65. The standard InChI is InChI=1S/C10H18O2/c1-4-5-6-7-9(2)8-12-10(3)11/h4-5,9H,6-8H2,1-3H3. The first-order valence-electron chi connectivity index (χ1n) is 4.41. The van der Waals surface area contributed by atoms with Gasteiger partial charge >= 0.3 is 5.97 Å². The maximum Gasteiger partial charge on any atom is 0.302 e. The molecule has 0 amide bonds. The van der Waals surface area contributed by atoms with Crippen molar-refractivity contribution in [2.45, 2.75) is 33.6 Å². The van der Waals surface area contributed by atoms with E-state index in [9.17, 15) is 4.79 Å². The summed E-state index contributed by atoms with van der Waals surface area (Å²) in [6, 6.07) is 0. The van der Waals surface area contributed by atoms with E-state index in [1.54, 1.807) is 0 Å². The predicted molar refractivity (Wildman–Crippen MR) is 49.8 cm³/mol. The molecule has 1 atom stereocenters. The Labute approximate surface area is 74.6 Å². The zero-order chi connectivity index (χ0) is 9.40. The zero-order valence-corrected chi connectivity index (χ0v) is 8.17. The average molecular weight is 170 g/mol. The molecule has 0 spiro atoms. The van der Waals surface area contributed by atoms with Crippen LogP contribution < -0.4 is 0 Å². The maximum absolute atomic E-state index is 10.4. The number of carbonyl (C=O) groups excluding carboxylic acids is 1. The lowest BCUT2D eigenvalue weighted by Crippen LogP contribution is -2.08. The van der Waals surface area contributed by atoms with Gasteiger partial charge in [-0.2, -0.15) is 0 Å². The summed E-state index contributed by atoms with van der Waals surface area (Å²) in [5, 5.41) is 0. The quantitative estimate of drug-likeness (QED) is 0.468. The molecule has 0 radical (unpaired) electrons. The van der Waals surface area contributed by atoms with E-state index in [-0.39, 0.29) is 5.97 Å². The SMILES string of the molecule is CC=CCCC(C)COC(C)=O. The molecule has 0 bridgehead atoms. The predicted octanol–water partition coefficient (Wildman–Crippen LogP) is 2.54. The first kappa shape index (κ1) is 11.2. The normalized spacial score (nSPS) is 13.2. The molecule has 2 heteroatoms. The smallest absolute Gasteiger partial charge is 0.302 e. The molecule has 0 aliphatic rings. The number of hydrogen-bond acceptors (Lipinski definition) is 2. The van der Waals surface area contributed by atoms with E-state index < -0.39 is 0 Å². The van der Waals surface area contributed by atoms with E-state index in [0.29, 0.717) is 12.5 Å². The van der Waals surface area contributed by atoms with E-state index in [1.165, 1.54) is 6.92 Å². The van der Waals surface area contributed by atoms with Crippen LogP contribution in [0.5, 0.6) is 0 Å². The van der Waals surface area contributed by atoms with E-state index in [1.807, 2.05) is 13.0 Å².